The van der Waals surface area contributed by atoms with Crippen molar-refractivity contribution in [3.63, 3.8) is 0 Å². The number of hydrogen-bond acceptors (Lipinski definition) is 2. The van der Waals surface area contributed by atoms with Gasteiger partial charge in [-0.2, -0.15) is 0 Å². The van der Waals surface area contributed by atoms with Crippen LogP contribution in [0.15, 0.2) is 18.2 Å². The number of rotatable bonds is 5. The number of halogens is 2. The van der Waals surface area contributed by atoms with Crippen LogP contribution in [-0.2, 0) is 0 Å². The Bertz CT molecular complexity index is 423. The van der Waals surface area contributed by atoms with Gasteiger partial charge in [0, 0.05) is 12.1 Å². The van der Waals surface area contributed by atoms with Crippen molar-refractivity contribution in [3.8, 4) is 0 Å². The van der Waals surface area contributed by atoms with Gasteiger partial charge in [-0.1, -0.05) is 25.4 Å². The molecule has 0 fully saturated rings. The molecule has 1 unspecified atom stereocenters. The summed E-state index contributed by atoms with van der Waals surface area (Å²) < 4.78 is 12.9. The van der Waals surface area contributed by atoms with Crippen LogP contribution < -0.4 is 5.32 Å². The largest absolute Gasteiger partial charge is 0.391 e. The molecule has 2 N–H and O–H groups in total. The number of hydrogen-bond donors (Lipinski definition) is 2. The van der Waals surface area contributed by atoms with Crippen molar-refractivity contribution in [1.82, 2.24) is 5.32 Å². The van der Waals surface area contributed by atoms with Crippen molar-refractivity contribution in [1.29, 1.82) is 0 Å². The van der Waals surface area contributed by atoms with Crippen LogP contribution in [-0.4, -0.2) is 23.7 Å². The minimum atomic E-state index is -0.579. The second kappa shape index (κ2) is 6.71. The van der Waals surface area contributed by atoms with E-state index in [-0.39, 0.29) is 23.0 Å². The van der Waals surface area contributed by atoms with E-state index in [9.17, 15) is 14.3 Å². The fourth-order valence-electron chi connectivity index (χ4n) is 1.58. The summed E-state index contributed by atoms with van der Waals surface area (Å²) in [5.41, 5.74) is 0.276. The molecule has 0 saturated carbocycles. The maximum atomic E-state index is 12.9. The molecule has 1 aromatic rings. The molecule has 100 valence electrons. The van der Waals surface area contributed by atoms with Gasteiger partial charge in [-0.15, -0.1) is 0 Å². The fraction of sp³-hybridized carbons (Fsp3) is 0.462. The van der Waals surface area contributed by atoms with Gasteiger partial charge in [0.25, 0.3) is 5.91 Å². The molecule has 1 rings (SSSR count). The third-order valence-corrected chi connectivity index (χ3v) is 2.71. The molecule has 5 heteroatoms. The molecule has 0 aliphatic carbocycles. The summed E-state index contributed by atoms with van der Waals surface area (Å²) in [6, 6.07) is 3.76. The van der Waals surface area contributed by atoms with E-state index < -0.39 is 11.9 Å². The molecule has 0 radical (unpaired) electrons. The van der Waals surface area contributed by atoms with E-state index in [2.05, 4.69) is 5.32 Å². The van der Waals surface area contributed by atoms with Gasteiger partial charge in [0.2, 0.25) is 0 Å². The first-order valence-electron chi connectivity index (χ1n) is 5.81. The summed E-state index contributed by atoms with van der Waals surface area (Å²) in [6.45, 7) is 4.15. The van der Waals surface area contributed by atoms with Gasteiger partial charge in [0.15, 0.2) is 0 Å². The fourth-order valence-corrected chi connectivity index (χ4v) is 1.76. The molecule has 0 bridgehead atoms. The highest BCUT2D eigenvalue weighted by molar-refractivity contribution is 6.31. The summed E-state index contributed by atoms with van der Waals surface area (Å²) in [4.78, 5) is 11.7. The first kappa shape index (κ1) is 14.9. The minimum Gasteiger partial charge on any atom is -0.391 e. The molecular weight excluding hydrogens is 257 g/mol. The number of aliphatic hydroxyl groups excluding tert-OH is 1. The van der Waals surface area contributed by atoms with E-state index in [0.29, 0.717) is 12.3 Å². The van der Waals surface area contributed by atoms with E-state index in [1.165, 1.54) is 12.1 Å². The molecule has 0 saturated heterocycles. The third kappa shape index (κ3) is 4.63. The Labute approximate surface area is 111 Å². The molecule has 0 aromatic heterocycles. The normalized spacial score (nSPS) is 12.6. The van der Waals surface area contributed by atoms with Crippen molar-refractivity contribution >= 4 is 17.5 Å². The lowest BCUT2D eigenvalue weighted by Gasteiger charge is -2.13. The summed E-state index contributed by atoms with van der Waals surface area (Å²) in [7, 11) is 0. The summed E-state index contributed by atoms with van der Waals surface area (Å²) in [5.74, 6) is -0.579. The molecule has 18 heavy (non-hydrogen) atoms. The van der Waals surface area contributed by atoms with Gasteiger partial charge in [0.1, 0.15) is 5.82 Å². The highest BCUT2D eigenvalue weighted by Crippen LogP contribution is 2.15. The maximum absolute atomic E-state index is 12.9. The van der Waals surface area contributed by atoms with Gasteiger partial charge in [-0.3, -0.25) is 4.79 Å². The van der Waals surface area contributed by atoms with Crippen LogP contribution in [0.4, 0.5) is 4.39 Å². The lowest BCUT2D eigenvalue weighted by Crippen LogP contribution is -2.32. The van der Waals surface area contributed by atoms with Gasteiger partial charge in [0.05, 0.1) is 11.1 Å². The smallest absolute Gasteiger partial charge is 0.251 e. The van der Waals surface area contributed by atoms with E-state index in [0.717, 1.165) is 6.07 Å². The maximum Gasteiger partial charge on any atom is 0.251 e. The predicted octanol–water partition coefficient (Wildman–Crippen LogP) is 2.62. The molecule has 1 atom stereocenters. The molecule has 1 amide bonds. The van der Waals surface area contributed by atoms with Crippen LogP contribution in [0.3, 0.4) is 0 Å². The monoisotopic (exact) mass is 273 g/mol. The zero-order chi connectivity index (χ0) is 13.7. The van der Waals surface area contributed by atoms with Gasteiger partial charge < -0.3 is 10.4 Å². The van der Waals surface area contributed by atoms with Crippen molar-refractivity contribution in [3.05, 3.63) is 34.6 Å². The first-order chi connectivity index (χ1) is 8.40. The molecule has 0 aliphatic rings. The minimum absolute atomic E-state index is 0.0922. The van der Waals surface area contributed by atoms with E-state index in [4.69, 9.17) is 11.6 Å². The molecule has 0 aliphatic heterocycles. The second-order valence-corrected chi connectivity index (χ2v) is 5.03. The van der Waals surface area contributed by atoms with Crippen LogP contribution in [0.5, 0.6) is 0 Å². The number of benzene rings is 1. The van der Waals surface area contributed by atoms with Crippen molar-refractivity contribution in [2.45, 2.75) is 26.4 Å². The summed E-state index contributed by atoms with van der Waals surface area (Å²) >= 11 is 5.59. The van der Waals surface area contributed by atoms with Gasteiger partial charge in [-0.25, -0.2) is 4.39 Å². The summed E-state index contributed by atoms with van der Waals surface area (Å²) in [6.07, 6.45) is 0.0367. The highest BCUT2D eigenvalue weighted by Gasteiger charge is 2.11. The van der Waals surface area contributed by atoms with Crippen molar-refractivity contribution < 1.29 is 14.3 Å². The second-order valence-electron chi connectivity index (χ2n) is 4.62. The zero-order valence-corrected chi connectivity index (χ0v) is 11.2. The van der Waals surface area contributed by atoms with E-state index in [1.807, 2.05) is 13.8 Å². The Balaban J connectivity index is 2.52. The van der Waals surface area contributed by atoms with Gasteiger partial charge >= 0.3 is 0 Å². The van der Waals surface area contributed by atoms with Crippen LogP contribution >= 0.6 is 11.6 Å². The number of nitrogens with one attached hydrogen (secondary N) is 1. The predicted molar refractivity (Wildman–Crippen MR) is 69.2 cm³/mol. The molecule has 3 nitrogen and oxygen atoms in total. The molecule has 0 spiro atoms. The van der Waals surface area contributed by atoms with Crippen LogP contribution in [0.1, 0.15) is 30.6 Å². The average Bonchev–Trinajstić information content (AvgIpc) is 2.28. The third-order valence-electron chi connectivity index (χ3n) is 2.42. The van der Waals surface area contributed by atoms with Crippen LogP contribution in [0, 0.1) is 11.7 Å². The van der Waals surface area contributed by atoms with Gasteiger partial charge in [-0.05, 0) is 30.5 Å². The molecule has 0 heterocycles. The Morgan fingerprint density at radius 3 is 2.72 bits per heavy atom. The first-order valence-corrected chi connectivity index (χ1v) is 6.19. The zero-order valence-electron chi connectivity index (χ0n) is 10.4. The van der Waals surface area contributed by atoms with Crippen LogP contribution in [0.2, 0.25) is 5.02 Å². The van der Waals surface area contributed by atoms with Crippen molar-refractivity contribution in [2.24, 2.45) is 5.92 Å². The van der Waals surface area contributed by atoms with E-state index in [1.54, 1.807) is 0 Å². The number of amides is 1. The Hall–Kier alpha value is -1.13. The number of carbonyl (C=O) groups excluding carboxylic acids is 1. The summed E-state index contributed by atoms with van der Waals surface area (Å²) in [5, 5.41) is 12.1. The van der Waals surface area contributed by atoms with E-state index >= 15 is 0 Å². The average molecular weight is 274 g/mol. The number of aliphatic hydroxyl groups is 1. The Kier molecular flexibility index (Phi) is 5.56. The molecular formula is C13H17ClFNO2. The lowest BCUT2D eigenvalue weighted by molar-refractivity contribution is 0.0900. The Morgan fingerprint density at radius 1 is 1.50 bits per heavy atom. The standard InChI is InChI=1S/C13H17ClFNO2/c1-8(2)5-10(17)7-16-13(18)9-3-4-12(15)11(14)6-9/h3-4,6,8,10,17H,5,7H2,1-2H3,(H,16,18). The Morgan fingerprint density at radius 2 is 2.17 bits per heavy atom. The van der Waals surface area contributed by atoms with Crippen molar-refractivity contribution in [2.75, 3.05) is 6.54 Å². The topological polar surface area (TPSA) is 49.3 Å². The molecule has 1 aromatic carbocycles. The highest BCUT2D eigenvalue weighted by atomic mass is 35.5. The lowest BCUT2D eigenvalue weighted by atomic mass is 10.1. The SMILES string of the molecule is CC(C)CC(O)CNC(=O)c1ccc(F)c(Cl)c1. The quantitative estimate of drug-likeness (QED) is 0.866. The number of carbonyl (C=O) groups is 1. The van der Waals surface area contributed by atoms with Crippen LogP contribution in [0.25, 0.3) is 0 Å².